The first-order chi connectivity index (χ1) is 49.6. The molecule has 7 nitrogen and oxygen atoms in total. The van der Waals surface area contributed by atoms with E-state index in [0.717, 1.165) is 165 Å². The zero-order chi connectivity index (χ0) is 76.5. The van der Waals surface area contributed by atoms with E-state index in [1.165, 1.54) is 86.3 Å². The van der Waals surface area contributed by atoms with Gasteiger partial charge in [0, 0.05) is 46.5 Å². The van der Waals surface area contributed by atoms with Gasteiger partial charge in [0.15, 0.2) is 0 Å². The normalized spacial score (nSPS) is 13.9. The highest BCUT2D eigenvalue weighted by Gasteiger charge is 2.26. The first-order valence-corrected chi connectivity index (χ1v) is 39.1. The molecule has 104 heavy (non-hydrogen) atoms. The highest BCUT2D eigenvalue weighted by Crippen LogP contribution is 2.45. The van der Waals surface area contributed by atoms with Crippen molar-refractivity contribution in [3.63, 3.8) is 0 Å². The van der Waals surface area contributed by atoms with Crippen molar-refractivity contribution >= 4 is 39.6 Å². The van der Waals surface area contributed by atoms with Crippen molar-refractivity contribution in [1.29, 1.82) is 0 Å². The molecular formula is C97H134O7. The predicted molar refractivity (Wildman–Crippen MR) is 449 cm³/mol. The molecule has 0 unspecified atom stereocenters. The number of hydrogen-bond acceptors (Lipinski definition) is 7. The molecule has 0 fully saturated rings. The molecular weight excluding hydrogens is 1280 g/mol. The molecule has 0 aliphatic rings. The Kier molecular flexibility index (Phi) is 41.5. The van der Waals surface area contributed by atoms with E-state index in [2.05, 4.69) is 196 Å². The molecule has 564 valence electrons. The van der Waals surface area contributed by atoms with Gasteiger partial charge in [0.1, 0.15) is 23.0 Å². The molecule has 0 spiro atoms. The van der Waals surface area contributed by atoms with Crippen LogP contribution in [-0.2, 0) is 22.4 Å². The van der Waals surface area contributed by atoms with E-state index in [-0.39, 0.29) is 0 Å². The molecule has 4 aromatic carbocycles. The summed E-state index contributed by atoms with van der Waals surface area (Å²) >= 11 is 0. The number of allylic oxidation sites excluding steroid dienone is 28. The Labute approximate surface area is 631 Å². The van der Waals surface area contributed by atoms with Gasteiger partial charge in [-0.15, -0.1) is 0 Å². The minimum absolute atomic E-state index is 0.339. The summed E-state index contributed by atoms with van der Waals surface area (Å²) in [6, 6.07) is 15.0. The van der Waals surface area contributed by atoms with E-state index in [4.69, 9.17) is 18.9 Å². The fourth-order valence-electron chi connectivity index (χ4n) is 13.0. The monoisotopic (exact) mass is 1410 g/mol. The van der Waals surface area contributed by atoms with Crippen molar-refractivity contribution in [2.45, 2.75) is 305 Å². The van der Waals surface area contributed by atoms with E-state index in [9.17, 15) is 14.4 Å². The van der Waals surface area contributed by atoms with Crippen LogP contribution in [0.25, 0.3) is 21.5 Å². The van der Waals surface area contributed by atoms with E-state index < -0.39 is 18.1 Å². The Morgan fingerprint density at radius 1 is 0.279 bits per heavy atom. The first-order valence-electron chi connectivity index (χ1n) is 39.1. The molecule has 0 radical (unpaired) electrons. The summed E-state index contributed by atoms with van der Waals surface area (Å²) < 4.78 is 24.8. The van der Waals surface area contributed by atoms with Gasteiger partial charge in [-0.2, -0.15) is 0 Å². The number of benzene rings is 4. The Morgan fingerprint density at radius 3 is 0.779 bits per heavy atom. The third-order valence-corrected chi connectivity index (χ3v) is 19.9. The van der Waals surface area contributed by atoms with Gasteiger partial charge < -0.3 is 18.9 Å². The van der Waals surface area contributed by atoms with Gasteiger partial charge in [0.25, 0.3) is 0 Å². The van der Waals surface area contributed by atoms with E-state index in [0.29, 0.717) is 74.1 Å². The second kappa shape index (κ2) is 48.9. The van der Waals surface area contributed by atoms with Crippen molar-refractivity contribution < 1.29 is 33.3 Å². The fraction of sp³-hybridized carbons (Fsp3) is 0.474. The molecule has 0 atom stereocenters. The van der Waals surface area contributed by atoms with Crippen molar-refractivity contribution in [3.8, 4) is 23.0 Å². The number of ether oxygens (including phenoxy) is 4. The largest absolute Gasteiger partial charge is 0.519 e. The van der Waals surface area contributed by atoms with Gasteiger partial charge >= 0.3 is 18.1 Å². The maximum Gasteiger partial charge on any atom is 0.519 e. The summed E-state index contributed by atoms with van der Waals surface area (Å²) in [7, 11) is 0. The van der Waals surface area contributed by atoms with Crippen molar-refractivity contribution in [1.82, 2.24) is 0 Å². The summed E-state index contributed by atoms with van der Waals surface area (Å²) in [4.78, 5) is 40.1. The molecule has 0 aromatic heterocycles. The predicted octanol–water partition coefficient (Wildman–Crippen LogP) is 29.8. The quantitative estimate of drug-likeness (QED) is 0.0189. The van der Waals surface area contributed by atoms with Gasteiger partial charge in [-0.25, -0.2) is 4.79 Å². The Hall–Kier alpha value is -8.03. The molecule has 0 aliphatic heterocycles. The second-order valence-corrected chi connectivity index (χ2v) is 30.1. The average Bonchev–Trinajstić information content (AvgIpc) is 0.766. The molecule has 0 amide bonds. The lowest BCUT2D eigenvalue weighted by molar-refractivity contribution is -0.132. The minimum atomic E-state index is -0.916. The Bertz CT molecular complexity index is 3940. The van der Waals surface area contributed by atoms with Gasteiger partial charge in [-0.3, -0.25) is 9.59 Å². The SMILES string of the molecule is C/C=C(\C)CC/C=C(\C)CC/C=C(\C)CC/C=C(\C)CC/C=C(\C)CC/C=C(\C)CC/C=C(\C)Cc1c(C)c(OC(C)=O)c2ccccc2c1OC(=O)Oc1c(C/C=C(\C)CC/C=C(\C)CC/C=C(\C)CC/C=C(\C)CC/C=C(\C)CC/C=C(\C)CCC=C(C)C)c(C)c(OC(C)=O)c2ccccc12. The molecule has 0 heterocycles. The van der Waals surface area contributed by atoms with Gasteiger partial charge in [0.2, 0.25) is 0 Å². The molecule has 0 bridgehead atoms. The molecule has 0 N–H and O–H groups in total. The summed E-state index contributed by atoms with van der Waals surface area (Å²) in [5.74, 6) is 0.659. The summed E-state index contributed by atoms with van der Waals surface area (Å²) in [6.07, 6.45) is 58.5. The smallest absolute Gasteiger partial charge is 0.426 e. The van der Waals surface area contributed by atoms with Crippen LogP contribution in [0.2, 0.25) is 0 Å². The van der Waals surface area contributed by atoms with Crippen LogP contribution < -0.4 is 18.9 Å². The van der Waals surface area contributed by atoms with E-state index >= 15 is 0 Å². The number of carbonyl (C=O) groups excluding carboxylic acids is 3. The number of rotatable bonds is 44. The third-order valence-electron chi connectivity index (χ3n) is 19.9. The molecule has 4 rings (SSSR count). The topological polar surface area (TPSA) is 88.1 Å². The van der Waals surface area contributed by atoms with Crippen molar-refractivity contribution in [2.75, 3.05) is 0 Å². The molecule has 0 aliphatic carbocycles. The number of hydrogen-bond donors (Lipinski definition) is 0. The van der Waals surface area contributed by atoms with Crippen LogP contribution >= 0.6 is 0 Å². The lowest BCUT2D eigenvalue weighted by Gasteiger charge is -2.21. The summed E-state index contributed by atoms with van der Waals surface area (Å²) in [6.45, 7) is 42.1. The van der Waals surface area contributed by atoms with Crippen LogP contribution in [0.1, 0.15) is 301 Å². The molecule has 0 saturated carbocycles. The fourth-order valence-corrected chi connectivity index (χ4v) is 13.0. The second-order valence-electron chi connectivity index (χ2n) is 30.1. The maximum atomic E-state index is 14.7. The lowest BCUT2D eigenvalue weighted by atomic mass is 9.93. The van der Waals surface area contributed by atoms with Gasteiger partial charge in [0.05, 0.1) is 0 Å². The third kappa shape index (κ3) is 34.7. The van der Waals surface area contributed by atoms with Crippen LogP contribution in [0.5, 0.6) is 23.0 Å². The minimum Gasteiger partial charge on any atom is -0.426 e. The van der Waals surface area contributed by atoms with Crippen LogP contribution in [0.3, 0.4) is 0 Å². The molecule has 7 heteroatoms. The summed E-state index contributed by atoms with van der Waals surface area (Å²) in [5.41, 5.74) is 22.5. The number of carbonyl (C=O) groups is 3. The summed E-state index contributed by atoms with van der Waals surface area (Å²) in [5, 5.41) is 2.51. The van der Waals surface area contributed by atoms with Crippen LogP contribution in [0.4, 0.5) is 4.79 Å². The van der Waals surface area contributed by atoms with Crippen molar-refractivity contribution in [2.24, 2.45) is 0 Å². The lowest BCUT2D eigenvalue weighted by Crippen LogP contribution is -2.18. The average molecular weight is 1410 g/mol. The van der Waals surface area contributed by atoms with E-state index in [1.54, 1.807) is 0 Å². The van der Waals surface area contributed by atoms with E-state index in [1.807, 2.05) is 62.4 Å². The highest BCUT2D eigenvalue weighted by atomic mass is 16.7. The standard InChI is InChI=1S/C97H134O7/c1-21-70(4)39-27-41-72(6)43-29-45-74(8)47-31-49-76(10)51-33-53-78(12)55-35-57-80(14)59-37-61-82(16)68-92-84(18)94(102-86(20)99)89-63-23-25-65-91(89)96(92)104-97(100)103-95-87(83(17)93(101-85(19)98)88-62-22-24-64-90(88)95)67-66-81(15)60-36-58-79(13)56-34-54-77(11)52-32-50-75(9)48-30-46-73(7)44-28-42-71(5)40-26-38-69(2)3/h21-25,38,41-42,45-46,49-50,53-54,57-58,61-66H,26-37,39-40,43-44,47-48,51-52,55-56,59-60,67-68H2,1-20H3/b70-21+,71-42+,72-41+,73-46+,74-45+,75-50+,76-49+,77-54+,78-53+,79-58+,80-57+,81-66+,82-61+. The Morgan fingerprint density at radius 2 is 0.510 bits per heavy atom. The maximum absolute atomic E-state index is 14.7. The van der Waals surface area contributed by atoms with Crippen LogP contribution in [0.15, 0.2) is 212 Å². The highest BCUT2D eigenvalue weighted by molar-refractivity contribution is 6.00. The number of esters is 2. The first kappa shape index (κ1) is 88.4. The van der Waals surface area contributed by atoms with Gasteiger partial charge in [-0.05, 0) is 303 Å². The molecule has 4 aromatic rings. The number of fused-ring (bicyclic) bond motifs is 2. The Balaban J connectivity index is 1.41. The van der Waals surface area contributed by atoms with Crippen LogP contribution in [-0.4, -0.2) is 18.1 Å². The van der Waals surface area contributed by atoms with Crippen LogP contribution in [0, 0.1) is 13.8 Å². The molecule has 0 saturated heterocycles. The van der Waals surface area contributed by atoms with Crippen molar-refractivity contribution in [3.05, 3.63) is 234 Å². The van der Waals surface area contributed by atoms with Gasteiger partial charge in [-0.1, -0.05) is 212 Å². The zero-order valence-electron chi connectivity index (χ0n) is 68.4. The zero-order valence-corrected chi connectivity index (χ0v) is 68.4.